The van der Waals surface area contributed by atoms with E-state index in [4.69, 9.17) is 25.5 Å². The number of imide groups is 2. The molecule has 1 N–H and O–H groups in total. The lowest BCUT2D eigenvalue weighted by atomic mass is 9.49. The first-order valence-electron chi connectivity index (χ1n) is 19.3. The molecule has 3 heterocycles. The van der Waals surface area contributed by atoms with Gasteiger partial charge in [0.2, 0.25) is 29.5 Å². The minimum Gasteiger partial charge on any atom is -0.507 e. The number of carbonyl (C=O) groups is 4. The molecule has 4 aliphatic rings. The maximum Gasteiger partial charge on any atom is 0.246 e. The zero-order valence-corrected chi connectivity index (χ0v) is 32.6. The van der Waals surface area contributed by atoms with Crippen LogP contribution in [0.25, 0.3) is 22.6 Å². The average molecular weight is 806 g/mol. The molecule has 2 aliphatic carbocycles. The molecule has 0 spiro atoms. The third kappa shape index (κ3) is 5.30. The molecule has 294 valence electrons. The maximum atomic E-state index is 15.6. The van der Waals surface area contributed by atoms with Gasteiger partial charge in [-0.05, 0) is 78.9 Å². The topological polar surface area (TPSA) is 139 Å². The van der Waals surface area contributed by atoms with Crippen LogP contribution in [0.5, 0.6) is 17.2 Å². The molecule has 2 saturated heterocycles. The lowest BCUT2D eigenvalue weighted by molar-refractivity contribution is -0.127. The molecule has 6 aromatic rings. The van der Waals surface area contributed by atoms with Crippen molar-refractivity contribution >= 4 is 57.7 Å². The van der Waals surface area contributed by atoms with Gasteiger partial charge in [-0.1, -0.05) is 71.8 Å². The number of para-hydroxylation sites is 2. The van der Waals surface area contributed by atoms with Gasteiger partial charge < -0.3 is 19.0 Å². The molecule has 12 heteroatoms. The molecule has 0 bridgehead atoms. The van der Waals surface area contributed by atoms with Gasteiger partial charge in [0.15, 0.2) is 5.58 Å². The SMILES string of the molecule is COc1cc(O)c([C@H]2C3=CC[C@@H]4C(=O)N(c5ccc(-c6nc7ccccc7o6)cc5)C(=O)[C@@H]4[C@@H]3C[C@H]3C(=O)N(c4cccc(Cl)c4)C(=O)[C@@]23c2ccccc2)c(OC)c1. The second-order valence-corrected chi connectivity index (χ2v) is 15.8. The van der Waals surface area contributed by atoms with Gasteiger partial charge in [-0.15, -0.1) is 0 Å². The zero-order chi connectivity index (χ0) is 40.7. The van der Waals surface area contributed by atoms with E-state index in [2.05, 4.69) is 4.98 Å². The number of aromatic hydroxyl groups is 1. The Bertz CT molecular complexity index is 2730. The molecular formula is C47H36ClN3O8. The molecule has 59 heavy (non-hydrogen) atoms. The highest BCUT2D eigenvalue weighted by Crippen LogP contribution is 2.66. The summed E-state index contributed by atoms with van der Waals surface area (Å²) in [4.78, 5) is 67.0. The Morgan fingerprint density at radius 1 is 0.780 bits per heavy atom. The number of rotatable bonds is 7. The number of oxazole rings is 1. The summed E-state index contributed by atoms with van der Waals surface area (Å²) in [5.41, 5.74) is 2.63. The number of halogens is 1. The fourth-order valence-corrected chi connectivity index (χ4v) is 10.4. The van der Waals surface area contributed by atoms with Crippen LogP contribution in [0, 0.1) is 23.7 Å². The lowest BCUT2D eigenvalue weighted by Gasteiger charge is -2.51. The number of phenols is 1. The van der Waals surface area contributed by atoms with E-state index in [9.17, 15) is 14.7 Å². The van der Waals surface area contributed by atoms with Crippen LogP contribution >= 0.6 is 11.6 Å². The number of hydrogen-bond acceptors (Lipinski definition) is 9. The van der Waals surface area contributed by atoms with Crippen molar-refractivity contribution in [3.8, 4) is 28.7 Å². The van der Waals surface area contributed by atoms with Crippen LogP contribution in [-0.2, 0) is 24.6 Å². The maximum absolute atomic E-state index is 15.6. The summed E-state index contributed by atoms with van der Waals surface area (Å²) in [6.07, 6.45) is 2.22. The third-order valence-electron chi connectivity index (χ3n) is 12.7. The summed E-state index contributed by atoms with van der Waals surface area (Å²) in [6, 6.07) is 33.1. The van der Waals surface area contributed by atoms with Crippen LogP contribution in [0.4, 0.5) is 11.4 Å². The number of allylic oxidation sites excluding steroid dienone is 2. The predicted molar refractivity (Wildman–Crippen MR) is 219 cm³/mol. The molecule has 0 unspecified atom stereocenters. The largest absolute Gasteiger partial charge is 0.507 e. The van der Waals surface area contributed by atoms with Crippen molar-refractivity contribution < 1.29 is 38.2 Å². The van der Waals surface area contributed by atoms with Crippen molar-refractivity contribution in [3.63, 3.8) is 0 Å². The van der Waals surface area contributed by atoms with E-state index in [0.717, 1.165) is 0 Å². The summed E-state index contributed by atoms with van der Waals surface area (Å²) >= 11 is 6.45. The van der Waals surface area contributed by atoms with Gasteiger partial charge >= 0.3 is 0 Å². The van der Waals surface area contributed by atoms with Gasteiger partial charge in [-0.2, -0.15) is 0 Å². The normalized spacial score (nSPS) is 24.9. The van der Waals surface area contributed by atoms with Crippen LogP contribution in [0.3, 0.4) is 0 Å². The van der Waals surface area contributed by atoms with Gasteiger partial charge in [-0.25, -0.2) is 9.88 Å². The van der Waals surface area contributed by atoms with Crippen LogP contribution < -0.4 is 19.3 Å². The monoisotopic (exact) mass is 805 g/mol. The highest BCUT2D eigenvalue weighted by molar-refractivity contribution is 6.32. The quantitative estimate of drug-likeness (QED) is 0.125. The molecular weight excluding hydrogens is 770 g/mol. The van der Waals surface area contributed by atoms with Gasteiger partial charge in [0, 0.05) is 34.2 Å². The van der Waals surface area contributed by atoms with Crippen molar-refractivity contribution in [2.24, 2.45) is 23.7 Å². The Hall–Kier alpha value is -6.72. The van der Waals surface area contributed by atoms with E-state index >= 15 is 9.59 Å². The second kappa shape index (κ2) is 13.7. The standard InChI is InChI=1S/C47H36ClN3O8/c1-57-30-22-36(52)40(38(23-30)58-2)41-31-19-20-32-39(45(55)50(43(32)53)28-17-15-25(16-18-28)42-49-35-13-6-7-14-37(35)59-42)33(31)24-34-44(54)51(29-12-8-11-27(48)21-29)46(56)47(34,41)26-9-4-3-5-10-26/h3-19,21-23,32-34,39,41,52H,20,24H2,1-2H3/t32-,33+,34-,39-,41+,47+/m0/s1. The van der Waals surface area contributed by atoms with Crippen molar-refractivity contribution in [1.29, 1.82) is 0 Å². The minimum atomic E-state index is -1.61. The van der Waals surface area contributed by atoms with Gasteiger partial charge in [0.1, 0.15) is 22.8 Å². The first kappa shape index (κ1) is 36.6. The fraction of sp³-hybridized carbons (Fsp3) is 0.213. The number of anilines is 2. The van der Waals surface area contributed by atoms with E-state index in [1.807, 2.05) is 60.7 Å². The predicted octanol–water partition coefficient (Wildman–Crippen LogP) is 8.24. The number of ether oxygens (including phenoxy) is 2. The van der Waals surface area contributed by atoms with E-state index in [0.29, 0.717) is 55.8 Å². The lowest BCUT2D eigenvalue weighted by Crippen LogP contribution is -2.53. The van der Waals surface area contributed by atoms with Crippen LogP contribution in [0.1, 0.15) is 29.9 Å². The molecule has 10 rings (SSSR count). The molecule has 0 radical (unpaired) electrons. The molecule has 5 aromatic carbocycles. The summed E-state index contributed by atoms with van der Waals surface area (Å²) in [7, 11) is 2.93. The number of fused-ring (bicyclic) bond motifs is 5. The number of carbonyl (C=O) groups excluding carboxylic acids is 4. The molecule has 3 fully saturated rings. The number of methoxy groups -OCH3 is 2. The average Bonchev–Trinajstić information content (AvgIpc) is 3.87. The fourth-order valence-electron chi connectivity index (χ4n) is 10.2. The number of phenolic OH excluding ortho intramolecular Hbond substituents is 1. The smallest absolute Gasteiger partial charge is 0.246 e. The Balaban J connectivity index is 1.12. The Morgan fingerprint density at radius 3 is 2.27 bits per heavy atom. The minimum absolute atomic E-state index is 0.0861. The van der Waals surface area contributed by atoms with E-state index in [-0.39, 0.29) is 35.8 Å². The van der Waals surface area contributed by atoms with Crippen LogP contribution in [0.2, 0.25) is 5.02 Å². The highest BCUT2D eigenvalue weighted by atomic mass is 35.5. The molecule has 11 nitrogen and oxygen atoms in total. The second-order valence-electron chi connectivity index (χ2n) is 15.4. The van der Waals surface area contributed by atoms with Crippen molar-refractivity contribution in [2.45, 2.75) is 24.2 Å². The molecule has 6 atom stereocenters. The van der Waals surface area contributed by atoms with Gasteiger partial charge in [0.05, 0.1) is 48.8 Å². The van der Waals surface area contributed by atoms with E-state index < -0.39 is 52.7 Å². The number of aromatic nitrogens is 1. The number of nitrogens with zero attached hydrogens (tertiary/aromatic N) is 3. The number of amides is 4. The highest BCUT2D eigenvalue weighted by Gasteiger charge is 2.71. The summed E-state index contributed by atoms with van der Waals surface area (Å²) in [5, 5.41) is 12.3. The Kier molecular flexibility index (Phi) is 8.50. The van der Waals surface area contributed by atoms with Gasteiger partial charge in [-0.3, -0.25) is 24.1 Å². The van der Waals surface area contributed by atoms with Crippen LogP contribution in [0.15, 0.2) is 131 Å². The van der Waals surface area contributed by atoms with E-state index in [1.165, 1.54) is 30.1 Å². The first-order valence-corrected chi connectivity index (χ1v) is 19.7. The molecule has 4 amide bonds. The third-order valence-corrected chi connectivity index (χ3v) is 12.9. The zero-order valence-electron chi connectivity index (χ0n) is 31.9. The Morgan fingerprint density at radius 2 is 1.54 bits per heavy atom. The Labute approximate surface area is 343 Å². The van der Waals surface area contributed by atoms with E-state index in [1.54, 1.807) is 54.6 Å². The first-order chi connectivity index (χ1) is 28.6. The summed E-state index contributed by atoms with van der Waals surface area (Å²) < 4.78 is 17.4. The number of hydrogen-bond donors (Lipinski definition) is 1. The number of benzene rings is 5. The molecule has 2 aliphatic heterocycles. The summed E-state index contributed by atoms with van der Waals surface area (Å²) in [6.45, 7) is 0. The molecule has 1 saturated carbocycles. The van der Waals surface area contributed by atoms with Crippen molar-refractivity contribution in [1.82, 2.24) is 4.98 Å². The summed E-state index contributed by atoms with van der Waals surface area (Å²) in [5.74, 6) is -5.23. The van der Waals surface area contributed by atoms with Crippen LogP contribution in [-0.4, -0.2) is 47.9 Å². The van der Waals surface area contributed by atoms with Crippen molar-refractivity contribution in [3.05, 3.63) is 143 Å². The molecule has 1 aromatic heterocycles. The van der Waals surface area contributed by atoms with Crippen molar-refractivity contribution in [2.75, 3.05) is 24.0 Å². The van der Waals surface area contributed by atoms with Gasteiger partial charge in [0.25, 0.3) is 0 Å².